The van der Waals surface area contributed by atoms with E-state index in [1.807, 2.05) is 104 Å². The van der Waals surface area contributed by atoms with Crippen molar-refractivity contribution in [3.05, 3.63) is 29.8 Å². The van der Waals surface area contributed by atoms with Crippen LogP contribution in [0.1, 0.15) is 275 Å². The van der Waals surface area contributed by atoms with E-state index in [9.17, 15) is 33.6 Å². The Morgan fingerprint density at radius 2 is 0.887 bits per heavy atom. The molecule has 5 aliphatic heterocycles. The Hall–Kier alpha value is -5.13. The minimum atomic E-state index is -0.131. The number of carbonyl (C=O) groups excluding carboxylic acids is 7. The molecule has 0 radical (unpaired) electrons. The van der Waals surface area contributed by atoms with Gasteiger partial charge in [-0.2, -0.15) is 0 Å². The molecule has 3 N–H and O–H groups in total. The number of carbonyl (C=O) groups is 7. The molecule has 26 heteroatoms. The minimum Gasteiger partial charge on any atom is -0.494 e. The van der Waals surface area contributed by atoms with Crippen LogP contribution < -0.4 is 20.7 Å². The van der Waals surface area contributed by atoms with E-state index < -0.39 is 0 Å². The highest BCUT2D eigenvalue weighted by atomic mass is 16.5. The van der Waals surface area contributed by atoms with Crippen molar-refractivity contribution < 1.29 is 43.0 Å². The van der Waals surface area contributed by atoms with Crippen LogP contribution in [0.15, 0.2) is 24.3 Å². The Kier molecular flexibility index (Phi) is 74.0. The summed E-state index contributed by atoms with van der Waals surface area (Å²) < 4.78 is 11.5. The third-order valence-corrected chi connectivity index (χ3v) is 23.4. The van der Waals surface area contributed by atoms with Gasteiger partial charge in [0, 0.05) is 164 Å². The van der Waals surface area contributed by atoms with Gasteiger partial charge in [0.1, 0.15) is 5.75 Å². The van der Waals surface area contributed by atoms with Crippen molar-refractivity contribution in [2.24, 2.45) is 59.2 Å². The number of piperidine rings is 2. The summed E-state index contributed by atoms with van der Waals surface area (Å²) in [5, 5.41) is 8.50. The fourth-order valence-electron chi connectivity index (χ4n) is 17.2. The molecular formula is C107H215N17O9. The Balaban J connectivity index is 0. The largest absolute Gasteiger partial charge is 0.494 e. The average Bonchev–Trinajstić information content (AvgIpc) is 1.70. The molecule has 1 aromatic carbocycles. The highest BCUT2D eigenvalue weighted by molar-refractivity contribution is 5.80. The number of fused-ring (bicyclic) bond motifs is 2. The first-order chi connectivity index (χ1) is 62.3. The maximum atomic E-state index is 12.3. The quantitative estimate of drug-likeness (QED) is 0.0518. The summed E-state index contributed by atoms with van der Waals surface area (Å²) in [6.07, 6.45) is 20.6. The number of likely N-dealkylation sites (tertiary alicyclic amines) is 3. The van der Waals surface area contributed by atoms with Gasteiger partial charge < -0.3 is 64.6 Å². The highest BCUT2D eigenvalue weighted by Gasteiger charge is 2.36. The molecule has 3 unspecified atom stereocenters. The molecule has 6 aliphatic rings. The SMILES string of the molecule is CC(=O)NC1CCCN(C(=O)CN(C)CC(C)C)C1.CC(C)CCC1CCCCC1.CC(C)CN(C)CC(=O)N(C)Cc1ccc(OCCCN(C)C)cc1.CC(C)CN(C)CC(=O)N1CC2CCC(C1)O2.CC(C)CN1CCCCC1.CC(C)CN1CCN(C)CC1.CCN(C)C(=O)CN(C)CC(C)C.CCN(CC(=O)NC(C)(C)C)CC(C)C.CCN(CC(=O)NC)CC(C)C. The summed E-state index contributed by atoms with van der Waals surface area (Å²) in [5.74, 6) is 9.08. The zero-order valence-corrected chi connectivity index (χ0v) is 93.1. The molecule has 7 amide bonds. The minimum absolute atomic E-state index is 0.0174. The van der Waals surface area contributed by atoms with Crippen LogP contribution in [0.5, 0.6) is 5.75 Å². The topological polar surface area (TPSA) is 219 Å². The molecule has 3 atom stereocenters. The van der Waals surface area contributed by atoms with Crippen LogP contribution in [0.2, 0.25) is 0 Å². The first-order valence-electron chi connectivity index (χ1n) is 52.4. The summed E-state index contributed by atoms with van der Waals surface area (Å²) >= 11 is 0. The number of piperazine rings is 1. The Morgan fingerprint density at radius 1 is 0.459 bits per heavy atom. The van der Waals surface area contributed by atoms with Crippen LogP contribution in [0.3, 0.4) is 0 Å². The van der Waals surface area contributed by atoms with Crippen LogP contribution in [-0.2, 0) is 44.8 Å². The van der Waals surface area contributed by atoms with Gasteiger partial charge in [0.25, 0.3) is 0 Å². The highest BCUT2D eigenvalue weighted by Crippen LogP contribution is 2.29. The number of rotatable bonds is 42. The van der Waals surface area contributed by atoms with E-state index in [2.05, 4.69) is 225 Å². The molecular weight excluding hydrogens is 1670 g/mol. The second-order valence-electron chi connectivity index (χ2n) is 44.4. The van der Waals surface area contributed by atoms with Crippen LogP contribution >= 0.6 is 0 Å². The van der Waals surface area contributed by atoms with Crippen molar-refractivity contribution in [1.82, 2.24) is 84.5 Å². The Morgan fingerprint density at radius 3 is 1.29 bits per heavy atom. The number of morpholine rings is 1. The molecule has 133 heavy (non-hydrogen) atoms. The number of amides is 7. The van der Waals surface area contributed by atoms with Crippen molar-refractivity contribution >= 4 is 41.4 Å². The van der Waals surface area contributed by atoms with Crippen LogP contribution in [0, 0.1) is 59.2 Å². The van der Waals surface area contributed by atoms with Gasteiger partial charge in [-0.15, -0.1) is 0 Å². The molecule has 782 valence electrons. The van der Waals surface area contributed by atoms with Crippen molar-refractivity contribution in [3.8, 4) is 5.75 Å². The van der Waals surface area contributed by atoms with E-state index >= 15 is 0 Å². The maximum Gasteiger partial charge on any atom is 0.236 e. The molecule has 26 nitrogen and oxygen atoms in total. The van der Waals surface area contributed by atoms with Gasteiger partial charge in [-0.25, -0.2) is 0 Å². The summed E-state index contributed by atoms with van der Waals surface area (Å²) in [5.41, 5.74) is 0.983. The molecule has 5 heterocycles. The predicted octanol–water partition coefficient (Wildman–Crippen LogP) is 14.9. The van der Waals surface area contributed by atoms with Gasteiger partial charge >= 0.3 is 0 Å². The lowest BCUT2D eigenvalue weighted by Crippen LogP contribution is -2.51. The molecule has 0 aromatic heterocycles. The number of likely N-dealkylation sites (N-methyl/N-ethyl adjacent to an activating group) is 10. The fraction of sp³-hybridized carbons (Fsp3) is 0.879. The third-order valence-electron chi connectivity index (χ3n) is 23.4. The molecule has 1 saturated carbocycles. The fourth-order valence-corrected chi connectivity index (χ4v) is 17.2. The smallest absolute Gasteiger partial charge is 0.236 e. The van der Waals surface area contributed by atoms with E-state index in [4.69, 9.17) is 9.47 Å². The van der Waals surface area contributed by atoms with Gasteiger partial charge in [-0.1, -0.05) is 202 Å². The van der Waals surface area contributed by atoms with E-state index in [0.717, 1.165) is 159 Å². The van der Waals surface area contributed by atoms with Gasteiger partial charge in [0.15, 0.2) is 0 Å². The summed E-state index contributed by atoms with van der Waals surface area (Å²) in [7, 11) is 19.7. The lowest BCUT2D eigenvalue weighted by atomic mass is 9.85. The number of nitrogens with one attached hydrogen (secondary N) is 3. The predicted molar refractivity (Wildman–Crippen MR) is 563 cm³/mol. The van der Waals surface area contributed by atoms with E-state index in [1.54, 1.807) is 16.8 Å². The van der Waals surface area contributed by atoms with E-state index in [1.165, 1.54) is 123 Å². The summed E-state index contributed by atoms with van der Waals surface area (Å²) in [6.45, 7) is 80.6. The van der Waals surface area contributed by atoms with Crippen LogP contribution in [-0.4, -0.2) is 394 Å². The summed E-state index contributed by atoms with van der Waals surface area (Å²) in [4.78, 5) is 112. The van der Waals surface area contributed by atoms with Gasteiger partial charge in [-0.3, -0.25) is 63.0 Å². The second kappa shape index (κ2) is 75.8. The molecule has 1 aromatic rings. The Labute approximate surface area is 819 Å². The van der Waals surface area contributed by atoms with Crippen LogP contribution in [0.4, 0.5) is 0 Å². The number of ether oxygens (including phenoxy) is 2. The zero-order chi connectivity index (χ0) is 101. The normalized spacial score (nSPS) is 17.3. The van der Waals surface area contributed by atoms with E-state index in [0.29, 0.717) is 100 Å². The number of nitrogens with zero attached hydrogens (tertiary/aromatic N) is 14. The number of benzene rings is 1. The van der Waals surface area contributed by atoms with Gasteiger partial charge in [0.2, 0.25) is 41.4 Å². The van der Waals surface area contributed by atoms with Crippen LogP contribution in [0.25, 0.3) is 0 Å². The lowest BCUT2D eigenvalue weighted by molar-refractivity contribution is -0.141. The second-order valence-corrected chi connectivity index (χ2v) is 44.4. The van der Waals surface area contributed by atoms with Crippen molar-refractivity contribution in [2.45, 2.75) is 300 Å². The number of hydrogen-bond acceptors (Lipinski definition) is 19. The third kappa shape index (κ3) is 74.6. The van der Waals surface area contributed by atoms with Gasteiger partial charge in [-0.05, 0) is 225 Å². The molecule has 7 rings (SSSR count). The lowest BCUT2D eigenvalue weighted by Gasteiger charge is -2.34. The summed E-state index contributed by atoms with van der Waals surface area (Å²) in [6, 6.07) is 8.14. The van der Waals surface area contributed by atoms with E-state index in [-0.39, 0.29) is 52.9 Å². The first-order valence-corrected chi connectivity index (χ1v) is 52.4. The number of hydrogen-bond donors (Lipinski definition) is 3. The maximum absolute atomic E-state index is 12.3. The molecule has 5 saturated heterocycles. The van der Waals surface area contributed by atoms with Crippen molar-refractivity contribution in [2.75, 3.05) is 260 Å². The van der Waals surface area contributed by atoms with Crippen molar-refractivity contribution in [3.63, 3.8) is 0 Å². The standard InChI is InChI=1S/C20H35N3O2.C14H27N3O2.C13H24N2O2.C12H26N2O.C11H22.C10H22N2O.C9H20N2O.C9H20N2.C9H19N/c1-17(2)14-22(5)16-20(24)23(6)15-18-8-10-19(11-9-18)25-13-7-12-21(3)4;1-11(2)8-16(4)10-14(19)17-7-5-6-13(9-17)15-12(3)18;1-10(2)6-14(3)9-13(16)15-7-11-4-5-12(8-15)17-11;1-7-14(8-10(2)3)9-11(15)13-12(4,5)6;1-10(2)8-9-11-6-4-3-5-7-11;1-6-12(5)10(13)8-11(4)7-9(2)3;1-5-11(6-8(2)3)7-9(12)10-4;1-9(2)8-11-6-4-10(3)5-7-11;1-9(2)8-10-6-4-3-5-7-10/h8-11,17H,7,12-16H2,1-6H3;11,13H,5-10H2,1-4H3,(H,15,18);10-12H,4-9H2,1-3H3;10H,7-9H2,1-6H3,(H,13,15);10-11H,3-9H2,1-2H3;9H,6-8H2,1-5H3;8H,5-7H2,1-4H3,(H,10,12);9H,4-8H2,1-3H3;9H,3-8H2,1-2H3. The van der Waals surface area contributed by atoms with Crippen molar-refractivity contribution in [1.29, 1.82) is 0 Å². The molecule has 2 bridgehead atoms. The van der Waals surface area contributed by atoms with Gasteiger partial charge in [0.05, 0.1) is 58.1 Å². The molecule has 0 spiro atoms. The average molecular weight is 1880 g/mol. The Bertz CT molecular complexity index is 3070. The molecule has 1 aliphatic carbocycles. The monoisotopic (exact) mass is 1880 g/mol. The first kappa shape index (κ1) is 130. The molecule has 6 fully saturated rings. The zero-order valence-electron chi connectivity index (χ0n) is 93.1.